The summed E-state index contributed by atoms with van der Waals surface area (Å²) in [5.41, 5.74) is 6.55. The predicted molar refractivity (Wildman–Crippen MR) is 47.1 cm³/mol. The normalized spacial score (nSPS) is 19.4. The van der Waals surface area contributed by atoms with E-state index >= 15 is 0 Å². The van der Waals surface area contributed by atoms with Crippen molar-refractivity contribution in [2.24, 2.45) is 5.73 Å². The summed E-state index contributed by atoms with van der Waals surface area (Å²) in [5.74, 6) is 1.16. The first-order valence-corrected chi connectivity index (χ1v) is 4.01. The second kappa shape index (κ2) is 2.81. The van der Waals surface area contributed by atoms with Crippen LogP contribution in [0.4, 0.5) is 0 Å². The minimum atomic E-state index is -0.170. The van der Waals surface area contributed by atoms with Crippen molar-refractivity contribution < 1.29 is 14.6 Å². The van der Waals surface area contributed by atoms with Crippen LogP contribution in [0.15, 0.2) is 12.1 Å². The number of phenolic OH excluding ortho intramolecular Hbond substituents is 1. The molecule has 1 aliphatic heterocycles. The molecular formula is C9H11NO3. The number of hydrogen-bond donors (Lipinski definition) is 2. The first kappa shape index (κ1) is 8.19. The standard InChI is InChI=1S/C9H11NO3/c1-12-5-2-6-7(10)4-13-9(6)8(11)3-5/h2-3,7,11H,4,10H2,1H3. The van der Waals surface area contributed by atoms with Crippen LogP contribution in [0.2, 0.25) is 0 Å². The lowest BCUT2D eigenvalue weighted by atomic mass is 10.1. The number of ether oxygens (including phenoxy) is 2. The summed E-state index contributed by atoms with van der Waals surface area (Å²) in [5, 5.41) is 9.50. The molecule has 0 aliphatic carbocycles. The summed E-state index contributed by atoms with van der Waals surface area (Å²) in [7, 11) is 1.54. The lowest BCUT2D eigenvalue weighted by Crippen LogP contribution is -2.10. The number of aromatic hydroxyl groups is 1. The molecule has 2 rings (SSSR count). The molecule has 0 saturated carbocycles. The lowest BCUT2D eigenvalue weighted by molar-refractivity contribution is 0.316. The van der Waals surface area contributed by atoms with Gasteiger partial charge in [-0.2, -0.15) is 0 Å². The van der Waals surface area contributed by atoms with Gasteiger partial charge in [-0.05, 0) is 6.07 Å². The van der Waals surface area contributed by atoms with Crippen LogP contribution in [0.1, 0.15) is 11.6 Å². The van der Waals surface area contributed by atoms with E-state index < -0.39 is 0 Å². The second-order valence-electron chi connectivity index (χ2n) is 2.98. The maximum absolute atomic E-state index is 9.50. The smallest absolute Gasteiger partial charge is 0.166 e. The molecule has 0 fully saturated rings. The molecule has 70 valence electrons. The molecule has 0 aromatic heterocycles. The Balaban J connectivity index is 2.53. The van der Waals surface area contributed by atoms with Gasteiger partial charge in [-0.1, -0.05) is 0 Å². The minimum Gasteiger partial charge on any atom is -0.504 e. The largest absolute Gasteiger partial charge is 0.504 e. The van der Waals surface area contributed by atoms with Crippen LogP contribution in [-0.2, 0) is 0 Å². The molecule has 0 spiro atoms. The Hall–Kier alpha value is -1.42. The van der Waals surface area contributed by atoms with Crippen LogP contribution in [0.25, 0.3) is 0 Å². The molecular weight excluding hydrogens is 170 g/mol. The van der Waals surface area contributed by atoms with Gasteiger partial charge in [0.25, 0.3) is 0 Å². The SMILES string of the molecule is COc1cc(O)c2c(c1)C(N)CO2. The van der Waals surface area contributed by atoms with Gasteiger partial charge in [0.05, 0.1) is 13.2 Å². The van der Waals surface area contributed by atoms with Crippen LogP contribution >= 0.6 is 0 Å². The van der Waals surface area contributed by atoms with E-state index in [-0.39, 0.29) is 11.8 Å². The number of methoxy groups -OCH3 is 1. The molecule has 1 aromatic carbocycles. The molecule has 1 atom stereocenters. The van der Waals surface area contributed by atoms with Crippen LogP contribution < -0.4 is 15.2 Å². The maximum atomic E-state index is 9.50. The maximum Gasteiger partial charge on any atom is 0.166 e. The van der Waals surface area contributed by atoms with Gasteiger partial charge in [0, 0.05) is 11.6 Å². The van der Waals surface area contributed by atoms with Crippen molar-refractivity contribution >= 4 is 0 Å². The summed E-state index contributed by atoms with van der Waals surface area (Å²) in [6, 6.07) is 3.12. The third-order valence-corrected chi connectivity index (χ3v) is 2.11. The number of rotatable bonds is 1. The van der Waals surface area contributed by atoms with Crippen molar-refractivity contribution in [1.29, 1.82) is 0 Å². The quantitative estimate of drug-likeness (QED) is 0.672. The van der Waals surface area contributed by atoms with Gasteiger partial charge >= 0.3 is 0 Å². The molecule has 0 bridgehead atoms. The molecule has 0 saturated heterocycles. The van der Waals surface area contributed by atoms with Crippen LogP contribution in [0.3, 0.4) is 0 Å². The average molecular weight is 181 g/mol. The number of nitrogens with two attached hydrogens (primary N) is 1. The number of hydrogen-bond acceptors (Lipinski definition) is 4. The summed E-state index contributed by atoms with van der Waals surface area (Å²) in [6.07, 6.45) is 0. The van der Waals surface area contributed by atoms with Crippen molar-refractivity contribution in [3.8, 4) is 17.2 Å². The number of phenols is 1. The van der Waals surface area contributed by atoms with Gasteiger partial charge in [-0.3, -0.25) is 0 Å². The molecule has 1 unspecified atom stereocenters. The lowest BCUT2D eigenvalue weighted by Gasteiger charge is -2.06. The van der Waals surface area contributed by atoms with Crippen LogP contribution in [-0.4, -0.2) is 18.8 Å². The Bertz CT molecular complexity index is 338. The fraction of sp³-hybridized carbons (Fsp3) is 0.333. The van der Waals surface area contributed by atoms with Gasteiger partial charge in [-0.25, -0.2) is 0 Å². The highest BCUT2D eigenvalue weighted by molar-refractivity contribution is 5.54. The topological polar surface area (TPSA) is 64.7 Å². The average Bonchev–Trinajstić information content (AvgIpc) is 2.48. The first-order valence-electron chi connectivity index (χ1n) is 4.01. The zero-order valence-electron chi connectivity index (χ0n) is 7.28. The third-order valence-electron chi connectivity index (χ3n) is 2.11. The highest BCUT2D eigenvalue weighted by atomic mass is 16.5. The second-order valence-corrected chi connectivity index (χ2v) is 2.98. The molecule has 1 heterocycles. The van der Waals surface area contributed by atoms with E-state index in [9.17, 15) is 5.11 Å². The Morgan fingerprint density at radius 1 is 1.62 bits per heavy atom. The Morgan fingerprint density at radius 2 is 2.38 bits per heavy atom. The predicted octanol–water partition coefficient (Wildman–Crippen LogP) is 0.793. The van der Waals surface area contributed by atoms with Crippen molar-refractivity contribution in [3.05, 3.63) is 17.7 Å². The minimum absolute atomic E-state index is 0.0855. The van der Waals surface area contributed by atoms with Crippen LogP contribution in [0, 0.1) is 0 Å². The summed E-state index contributed by atoms with van der Waals surface area (Å²) in [4.78, 5) is 0. The highest BCUT2D eigenvalue weighted by Crippen LogP contribution is 2.41. The molecule has 13 heavy (non-hydrogen) atoms. The Morgan fingerprint density at radius 3 is 3.08 bits per heavy atom. The fourth-order valence-corrected chi connectivity index (χ4v) is 1.42. The summed E-state index contributed by atoms with van der Waals surface area (Å²) >= 11 is 0. The zero-order valence-corrected chi connectivity index (χ0v) is 7.28. The van der Waals surface area contributed by atoms with E-state index in [1.54, 1.807) is 13.2 Å². The Kier molecular flexibility index (Phi) is 1.77. The number of fused-ring (bicyclic) bond motifs is 1. The molecule has 1 aromatic rings. The van der Waals surface area contributed by atoms with Gasteiger partial charge in [0.15, 0.2) is 11.5 Å². The summed E-state index contributed by atoms with van der Waals surface area (Å²) < 4.78 is 10.2. The molecule has 1 aliphatic rings. The van der Waals surface area contributed by atoms with Crippen molar-refractivity contribution in [3.63, 3.8) is 0 Å². The van der Waals surface area contributed by atoms with E-state index in [1.807, 2.05) is 0 Å². The first-order chi connectivity index (χ1) is 6.22. The van der Waals surface area contributed by atoms with Gasteiger partial charge in [0.2, 0.25) is 0 Å². The third kappa shape index (κ3) is 1.19. The molecule has 0 radical (unpaired) electrons. The van der Waals surface area contributed by atoms with Crippen molar-refractivity contribution in [2.75, 3.05) is 13.7 Å². The van der Waals surface area contributed by atoms with E-state index in [2.05, 4.69) is 0 Å². The Labute approximate surface area is 75.9 Å². The monoisotopic (exact) mass is 181 g/mol. The van der Waals surface area contributed by atoms with Crippen LogP contribution in [0.5, 0.6) is 17.2 Å². The fourth-order valence-electron chi connectivity index (χ4n) is 1.42. The van der Waals surface area contributed by atoms with Gasteiger partial charge in [0.1, 0.15) is 12.4 Å². The van der Waals surface area contributed by atoms with E-state index in [0.29, 0.717) is 18.1 Å². The number of benzene rings is 1. The van der Waals surface area contributed by atoms with Crippen molar-refractivity contribution in [2.45, 2.75) is 6.04 Å². The van der Waals surface area contributed by atoms with E-state index in [0.717, 1.165) is 5.56 Å². The van der Waals surface area contributed by atoms with Crippen molar-refractivity contribution in [1.82, 2.24) is 0 Å². The highest BCUT2D eigenvalue weighted by Gasteiger charge is 2.24. The zero-order chi connectivity index (χ0) is 9.42. The van der Waals surface area contributed by atoms with E-state index in [4.69, 9.17) is 15.2 Å². The molecule has 4 nitrogen and oxygen atoms in total. The summed E-state index contributed by atoms with van der Waals surface area (Å²) in [6.45, 7) is 0.413. The molecule has 4 heteroatoms. The van der Waals surface area contributed by atoms with Gasteiger partial charge < -0.3 is 20.3 Å². The molecule has 0 amide bonds. The van der Waals surface area contributed by atoms with Gasteiger partial charge in [-0.15, -0.1) is 0 Å². The molecule has 3 N–H and O–H groups in total. The van der Waals surface area contributed by atoms with E-state index in [1.165, 1.54) is 6.07 Å².